The minimum atomic E-state index is -0.916. The predicted molar refractivity (Wildman–Crippen MR) is 78.5 cm³/mol. The Morgan fingerprint density at radius 1 is 1.05 bits per heavy atom. The van der Waals surface area contributed by atoms with E-state index in [1.807, 2.05) is 54.6 Å². The van der Waals surface area contributed by atoms with Gasteiger partial charge in [0.15, 0.2) is 5.60 Å². The first-order valence-electron chi connectivity index (χ1n) is 6.76. The summed E-state index contributed by atoms with van der Waals surface area (Å²) in [6.45, 7) is 0. The largest absolute Gasteiger partial charge is 0.364 e. The van der Waals surface area contributed by atoms with Crippen LogP contribution in [0.4, 0.5) is 5.69 Å². The smallest absolute Gasteiger partial charge is 0.261 e. The highest BCUT2D eigenvalue weighted by atomic mass is 16.5. The van der Waals surface area contributed by atoms with Gasteiger partial charge in [-0.3, -0.25) is 4.79 Å². The zero-order chi connectivity index (χ0) is 14.0. The van der Waals surface area contributed by atoms with Gasteiger partial charge in [-0.2, -0.15) is 0 Å². The Kier molecular flexibility index (Phi) is 3.28. The Morgan fingerprint density at radius 3 is 2.50 bits per heavy atom. The van der Waals surface area contributed by atoms with Crippen LogP contribution in [0.15, 0.2) is 54.6 Å². The van der Waals surface area contributed by atoms with Gasteiger partial charge in [-0.1, -0.05) is 48.5 Å². The fraction of sp³-hybridized carbons (Fsp3) is 0.235. The van der Waals surface area contributed by atoms with Gasteiger partial charge < -0.3 is 10.1 Å². The summed E-state index contributed by atoms with van der Waals surface area (Å²) in [5, 5.41) is 3.00. The van der Waals surface area contributed by atoms with Crippen LogP contribution in [0, 0.1) is 0 Å². The summed E-state index contributed by atoms with van der Waals surface area (Å²) < 4.78 is 5.68. The van der Waals surface area contributed by atoms with E-state index in [-0.39, 0.29) is 5.91 Å². The molecule has 3 heteroatoms. The minimum absolute atomic E-state index is 0.101. The molecule has 2 aromatic rings. The van der Waals surface area contributed by atoms with E-state index in [0.717, 1.165) is 23.2 Å². The number of ether oxygens (including phenoxy) is 1. The fourth-order valence-electron chi connectivity index (χ4n) is 2.80. The van der Waals surface area contributed by atoms with Crippen molar-refractivity contribution >= 4 is 11.6 Å². The Morgan fingerprint density at radius 2 is 1.75 bits per heavy atom. The van der Waals surface area contributed by atoms with Gasteiger partial charge in [-0.15, -0.1) is 0 Å². The third kappa shape index (κ3) is 2.00. The van der Waals surface area contributed by atoms with Crippen molar-refractivity contribution in [1.29, 1.82) is 0 Å². The first-order chi connectivity index (χ1) is 9.76. The highest BCUT2D eigenvalue weighted by molar-refractivity contribution is 5.99. The highest BCUT2D eigenvalue weighted by Crippen LogP contribution is 2.36. The van der Waals surface area contributed by atoms with E-state index >= 15 is 0 Å². The molecule has 0 fully saturated rings. The van der Waals surface area contributed by atoms with Crippen LogP contribution in [-0.4, -0.2) is 13.0 Å². The number of carbonyl (C=O) groups excluding carboxylic acids is 1. The van der Waals surface area contributed by atoms with Crippen molar-refractivity contribution in [3.63, 3.8) is 0 Å². The van der Waals surface area contributed by atoms with Crippen molar-refractivity contribution in [3.8, 4) is 0 Å². The molecule has 1 atom stereocenters. The van der Waals surface area contributed by atoms with Crippen molar-refractivity contribution in [2.24, 2.45) is 0 Å². The van der Waals surface area contributed by atoms with Gasteiger partial charge in [-0.05, 0) is 30.0 Å². The molecule has 0 bridgehead atoms. The van der Waals surface area contributed by atoms with Crippen LogP contribution in [0.25, 0.3) is 0 Å². The van der Waals surface area contributed by atoms with Crippen molar-refractivity contribution in [1.82, 2.24) is 0 Å². The fourth-order valence-corrected chi connectivity index (χ4v) is 2.80. The quantitative estimate of drug-likeness (QED) is 0.908. The summed E-state index contributed by atoms with van der Waals surface area (Å²) in [4.78, 5) is 12.7. The molecule has 3 rings (SSSR count). The third-order valence-corrected chi connectivity index (χ3v) is 3.97. The molecule has 1 aliphatic rings. The number of nitrogens with one attached hydrogen (secondary N) is 1. The number of amides is 1. The third-order valence-electron chi connectivity index (χ3n) is 3.97. The van der Waals surface area contributed by atoms with Gasteiger partial charge in [0, 0.05) is 12.8 Å². The number of hydrogen-bond acceptors (Lipinski definition) is 2. The standard InChI is InChI=1S/C17H17NO2/c1-20-17(14-8-3-2-4-9-14)12-11-13-7-5-6-10-15(13)18-16(17)19/h2-10H,11-12H2,1H3,(H,18,19). The van der Waals surface area contributed by atoms with Crippen LogP contribution in [0.2, 0.25) is 0 Å². The Hall–Kier alpha value is -2.13. The molecule has 1 aliphatic heterocycles. The molecule has 0 saturated carbocycles. The van der Waals surface area contributed by atoms with E-state index in [1.54, 1.807) is 7.11 Å². The molecule has 2 aromatic carbocycles. The van der Waals surface area contributed by atoms with Gasteiger partial charge >= 0.3 is 0 Å². The van der Waals surface area contributed by atoms with E-state index in [9.17, 15) is 4.79 Å². The zero-order valence-electron chi connectivity index (χ0n) is 11.4. The second-order valence-corrected chi connectivity index (χ2v) is 5.01. The van der Waals surface area contributed by atoms with E-state index in [1.165, 1.54) is 0 Å². The SMILES string of the molecule is COC1(c2ccccc2)CCc2ccccc2NC1=O. The molecule has 20 heavy (non-hydrogen) atoms. The molecule has 1 amide bonds. The first-order valence-corrected chi connectivity index (χ1v) is 6.76. The van der Waals surface area contributed by atoms with Crippen molar-refractivity contribution in [2.45, 2.75) is 18.4 Å². The number of anilines is 1. The monoisotopic (exact) mass is 267 g/mol. The highest BCUT2D eigenvalue weighted by Gasteiger charge is 2.42. The maximum Gasteiger partial charge on any atom is 0.261 e. The summed E-state index contributed by atoms with van der Waals surface area (Å²) in [6.07, 6.45) is 1.44. The number of aryl methyl sites for hydroxylation is 1. The minimum Gasteiger partial charge on any atom is -0.364 e. The molecule has 1 unspecified atom stereocenters. The maximum atomic E-state index is 12.7. The van der Waals surface area contributed by atoms with Crippen LogP contribution in [0.5, 0.6) is 0 Å². The number of rotatable bonds is 2. The average Bonchev–Trinajstić information content (AvgIpc) is 2.65. The molecule has 1 N–H and O–H groups in total. The number of methoxy groups -OCH3 is 1. The predicted octanol–water partition coefficient (Wildman–Crippen LogP) is 3.11. The molecular formula is C17H17NO2. The number of para-hydroxylation sites is 1. The summed E-state index contributed by atoms with van der Waals surface area (Å²) in [6, 6.07) is 17.6. The van der Waals surface area contributed by atoms with E-state index < -0.39 is 5.60 Å². The zero-order valence-corrected chi connectivity index (χ0v) is 11.4. The van der Waals surface area contributed by atoms with Gasteiger partial charge in [0.2, 0.25) is 0 Å². The topological polar surface area (TPSA) is 38.3 Å². The first kappa shape index (κ1) is 12.9. The number of hydrogen-bond donors (Lipinski definition) is 1. The molecule has 102 valence electrons. The summed E-state index contributed by atoms with van der Waals surface area (Å²) in [5.74, 6) is -0.101. The van der Waals surface area contributed by atoms with Gasteiger partial charge in [-0.25, -0.2) is 0 Å². The lowest BCUT2D eigenvalue weighted by Crippen LogP contribution is -2.41. The molecule has 0 radical (unpaired) electrons. The van der Waals surface area contributed by atoms with Crippen LogP contribution < -0.4 is 5.32 Å². The van der Waals surface area contributed by atoms with E-state index in [0.29, 0.717) is 6.42 Å². The molecular weight excluding hydrogens is 250 g/mol. The molecule has 3 nitrogen and oxygen atoms in total. The van der Waals surface area contributed by atoms with E-state index in [4.69, 9.17) is 4.74 Å². The van der Waals surface area contributed by atoms with Crippen molar-refractivity contribution in [3.05, 3.63) is 65.7 Å². The van der Waals surface area contributed by atoms with Gasteiger partial charge in [0.25, 0.3) is 5.91 Å². The number of carbonyl (C=O) groups is 1. The molecule has 0 spiro atoms. The van der Waals surface area contributed by atoms with Crippen LogP contribution in [-0.2, 0) is 21.6 Å². The molecule has 1 heterocycles. The van der Waals surface area contributed by atoms with Crippen LogP contribution in [0.3, 0.4) is 0 Å². The Balaban J connectivity index is 2.05. The van der Waals surface area contributed by atoms with Crippen LogP contribution >= 0.6 is 0 Å². The van der Waals surface area contributed by atoms with Crippen LogP contribution in [0.1, 0.15) is 17.5 Å². The second-order valence-electron chi connectivity index (χ2n) is 5.01. The average molecular weight is 267 g/mol. The lowest BCUT2D eigenvalue weighted by atomic mass is 9.87. The number of fused-ring (bicyclic) bond motifs is 1. The summed E-state index contributed by atoms with van der Waals surface area (Å²) in [5.41, 5.74) is 2.01. The summed E-state index contributed by atoms with van der Waals surface area (Å²) in [7, 11) is 1.60. The maximum absolute atomic E-state index is 12.7. The lowest BCUT2D eigenvalue weighted by molar-refractivity contribution is -0.139. The Bertz CT molecular complexity index is 624. The second kappa shape index (κ2) is 5.10. The molecule has 0 aromatic heterocycles. The van der Waals surface area contributed by atoms with Gasteiger partial charge in [0.05, 0.1) is 0 Å². The molecule has 0 saturated heterocycles. The molecule has 0 aliphatic carbocycles. The Labute approximate surface area is 118 Å². The van der Waals surface area contributed by atoms with Gasteiger partial charge in [0.1, 0.15) is 0 Å². The summed E-state index contributed by atoms with van der Waals surface area (Å²) >= 11 is 0. The lowest BCUT2D eigenvalue weighted by Gasteiger charge is -2.29. The normalized spacial score (nSPS) is 21.8. The van der Waals surface area contributed by atoms with E-state index in [2.05, 4.69) is 5.32 Å². The van der Waals surface area contributed by atoms with Crippen molar-refractivity contribution in [2.75, 3.05) is 12.4 Å². The van der Waals surface area contributed by atoms with Crippen molar-refractivity contribution < 1.29 is 9.53 Å². The number of benzene rings is 2.